The first-order chi connectivity index (χ1) is 9.95. The lowest BCUT2D eigenvalue weighted by molar-refractivity contribution is 0.199. The number of benzene rings is 2. The quantitative estimate of drug-likeness (QED) is 0.803. The number of hydrogen-bond acceptors (Lipinski definition) is 2. The molecule has 0 heterocycles. The predicted octanol–water partition coefficient (Wildman–Crippen LogP) is 3.83. The molecule has 2 aromatic rings. The first-order valence-electron chi connectivity index (χ1n) is 6.58. The number of aliphatic hydroxyl groups is 1. The molecule has 2 amide bonds. The Bertz CT molecular complexity index is 656. The third-order valence-electron chi connectivity index (χ3n) is 3.06. The zero-order valence-corrected chi connectivity index (χ0v) is 11.9. The molecule has 0 fully saturated rings. The summed E-state index contributed by atoms with van der Waals surface area (Å²) in [6.07, 6.45) is -0.603. The lowest BCUT2D eigenvalue weighted by atomic mass is 10.1. The van der Waals surface area contributed by atoms with E-state index in [1.807, 2.05) is 0 Å². The van der Waals surface area contributed by atoms with E-state index in [2.05, 4.69) is 10.6 Å². The van der Waals surface area contributed by atoms with Gasteiger partial charge < -0.3 is 15.7 Å². The second-order valence-corrected chi connectivity index (χ2v) is 4.84. The van der Waals surface area contributed by atoms with Gasteiger partial charge in [-0.1, -0.05) is 12.1 Å². The SMILES string of the molecule is Cc1cc(F)ccc1NC(=O)Nc1cccc(C(C)O)c1. The van der Waals surface area contributed by atoms with Gasteiger partial charge in [-0.2, -0.15) is 0 Å². The van der Waals surface area contributed by atoms with Crippen molar-refractivity contribution >= 4 is 17.4 Å². The molecular formula is C16H17FN2O2. The Balaban J connectivity index is 2.06. The summed E-state index contributed by atoms with van der Waals surface area (Å²) in [4.78, 5) is 11.9. The fraction of sp³-hybridized carbons (Fsp3) is 0.188. The highest BCUT2D eigenvalue weighted by Crippen LogP contribution is 2.18. The van der Waals surface area contributed by atoms with Gasteiger partial charge in [0.15, 0.2) is 0 Å². The van der Waals surface area contributed by atoms with Crippen molar-refractivity contribution in [3.8, 4) is 0 Å². The van der Waals surface area contributed by atoms with Crippen LogP contribution in [0.5, 0.6) is 0 Å². The number of aryl methyl sites for hydroxylation is 1. The molecular weight excluding hydrogens is 271 g/mol. The molecule has 0 aromatic heterocycles. The maximum absolute atomic E-state index is 13.0. The van der Waals surface area contributed by atoms with Gasteiger partial charge in [-0.3, -0.25) is 0 Å². The van der Waals surface area contributed by atoms with E-state index >= 15 is 0 Å². The standard InChI is InChI=1S/C16H17FN2O2/c1-10-8-13(17)6-7-15(10)19-16(21)18-14-5-3-4-12(9-14)11(2)20/h3-9,11,20H,1-2H3,(H2,18,19,21). The van der Waals surface area contributed by atoms with Crippen molar-refractivity contribution in [2.45, 2.75) is 20.0 Å². The van der Waals surface area contributed by atoms with Crippen molar-refractivity contribution < 1.29 is 14.3 Å². The van der Waals surface area contributed by atoms with E-state index in [0.29, 0.717) is 22.5 Å². The van der Waals surface area contributed by atoms with Gasteiger partial charge in [0.25, 0.3) is 0 Å². The van der Waals surface area contributed by atoms with Crippen molar-refractivity contribution in [2.75, 3.05) is 10.6 Å². The molecule has 3 N–H and O–H groups in total. The van der Waals surface area contributed by atoms with E-state index in [-0.39, 0.29) is 5.82 Å². The maximum Gasteiger partial charge on any atom is 0.323 e. The fourth-order valence-electron chi connectivity index (χ4n) is 1.93. The predicted molar refractivity (Wildman–Crippen MR) is 80.9 cm³/mol. The first-order valence-corrected chi connectivity index (χ1v) is 6.58. The number of hydrogen-bond donors (Lipinski definition) is 3. The number of nitrogens with one attached hydrogen (secondary N) is 2. The van der Waals surface area contributed by atoms with E-state index in [1.54, 1.807) is 38.1 Å². The maximum atomic E-state index is 13.0. The number of aliphatic hydroxyl groups excluding tert-OH is 1. The van der Waals surface area contributed by atoms with Crippen LogP contribution in [-0.2, 0) is 0 Å². The first kappa shape index (κ1) is 15.0. The van der Waals surface area contributed by atoms with Crippen molar-refractivity contribution in [1.29, 1.82) is 0 Å². The number of amides is 2. The Hall–Kier alpha value is -2.40. The number of carbonyl (C=O) groups excluding carboxylic acids is 1. The normalized spacial score (nSPS) is 11.8. The molecule has 0 aliphatic carbocycles. The Kier molecular flexibility index (Phi) is 4.55. The van der Waals surface area contributed by atoms with Gasteiger partial charge in [-0.05, 0) is 55.3 Å². The van der Waals surface area contributed by atoms with Crippen LogP contribution in [0.25, 0.3) is 0 Å². The highest BCUT2D eigenvalue weighted by Gasteiger charge is 2.07. The number of urea groups is 1. The highest BCUT2D eigenvalue weighted by atomic mass is 19.1. The van der Waals surface area contributed by atoms with Crippen molar-refractivity contribution in [3.05, 3.63) is 59.4 Å². The van der Waals surface area contributed by atoms with E-state index in [0.717, 1.165) is 0 Å². The molecule has 0 saturated carbocycles. The molecule has 2 aromatic carbocycles. The minimum Gasteiger partial charge on any atom is -0.389 e. The summed E-state index contributed by atoms with van der Waals surface area (Å²) in [5.74, 6) is -0.344. The largest absolute Gasteiger partial charge is 0.389 e. The van der Waals surface area contributed by atoms with E-state index in [9.17, 15) is 14.3 Å². The molecule has 1 atom stereocenters. The summed E-state index contributed by atoms with van der Waals surface area (Å²) in [7, 11) is 0. The molecule has 0 saturated heterocycles. The third-order valence-corrected chi connectivity index (χ3v) is 3.06. The van der Waals surface area contributed by atoms with Crippen LogP contribution in [0.2, 0.25) is 0 Å². The molecule has 110 valence electrons. The molecule has 0 aliphatic heterocycles. The molecule has 0 bridgehead atoms. The molecule has 5 heteroatoms. The smallest absolute Gasteiger partial charge is 0.323 e. The molecule has 1 unspecified atom stereocenters. The minimum absolute atomic E-state index is 0.344. The summed E-state index contributed by atoms with van der Waals surface area (Å²) in [5.41, 5.74) is 2.47. The number of anilines is 2. The van der Waals surface area contributed by atoms with Crippen LogP contribution in [0.1, 0.15) is 24.2 Å². The van der Waals surface area contributed by atoms with Gasteiger partial charge in [0.05, 0.1) is 6.10 Å². The van der Waals surface area contributed by atoms with Crippen LogP contribution < -0.4 is 10.6 Å². The molecule has 0 radical (unpaired) electrons. The van der Waals surface area contributed by atoms with Gasteiger partial charge in [0, 0.05) is 11.4 Å². The Morgan fingerprint density at radius 2 is 1.95 bits per heavy atom. The number of halogens is 1. The molecule has 0 aliphatic rings. The van der Waals surface area contributed by atoms with E-state index in [1.165, 1.54) is 18.2 Å². The van der Waals surface area contributed by atoms with Crippen molar-refractivity contribution in [2.24, 2.45) is 0 Å². The second-order valence-electron chi connectivity index (χ2n) is 4.84. The van der Waals surface area contributed by atoms with Crippen LogP contribution in [0.3, 0.4) is 0 Å². The zero-order chi connectivity index (χ0) is 15.4. The Morgan fingerprint density at radius 1 is 1.19 bits per heavy atom. The molecule has 2 rings (SSSR count). The summed E-state index contributed by atoms with van der Waals surface area (Å²) in [6.45, 7) is 3.37. The summed E-state index contributed by atoms with van der Waals surface area (Å²) >= 11 is 0. The van der Waals surface area contributed by atoms with Crippen LogP contribution in [0, 0.1) is 12.7 Å². The van der Waals surface area contributed by atoms with Crippen LogP contribution >= 0.6 is 0 Å². The van der Waals surface area contributed by atoms with Crippen molar-refractivity contribution in [3.63, 3.8) is 0 Å². The average molecular weight is 288 g/mol. The van der Waals surface area contributed by atoms with Gasteiger partial charge in [0.1, 0.15) is 5.82 Å². The third kappa shape index (κ3) is 4.03. The van der Waals surface area contributed by atoms with E-state index < -0.39 is 12.1 Å². The van der Waals surface area contributed by atoms with Crippen LogP contribution in [0.4, 0.5) is 20.6 Å². The number of rotatable bonds is 3. The Labute approximate surface area is 122 Å². The minimum atomic E-state index is -0.603. The lowest BCUT2D eigenvalue weighted by Crippen LogP contribution is -2.20. The highest BCUT2D eigenvalue weighted by molar-refractivity contribution is 6.00. The summed E-state index contributed by atoms with van der Waals surface area (Å²) < 4.78 is 13.0. The van der Waals surface area contributed by atoms with Gasteiger partial charge in [0.2, 0.25) is 0 Å². The lowest BCUT2D eigenvalue weighted by Gasteiger charge is -2.11. The molecule has 21 heavy (non-hydrogen) atoms. The topological polar surface area (TPSA) is 61.4 Å². The van der Waals surface area contributed by atoms with Crippen LogP contribution in [-0.4, -0.2) is 11.1 Å². The average Bonchev–Trinajstić information content (AvgIpc) is 2.42. The number of carbonyl (C=O) groups is 1. The fourth-order valence-corrected chi connectivity index (χ4v) is 1.93. The van der Waals surface area contributed by atoms with E-state index in [4.69, 9.17) is 0 Å². The molecule has 4 nitrogen and oxygen atoms in total. The van der Waals surface area contributed by atoms with Gasteiger partial charge >= 0.3 is 6.03 Å². The second kappa shape index (κ2) is 6.37. The monoisotopic (exact) mass is 288 g/mol. The van der Waals surface area contributed by atoms with Gasteiger partial charge in [-0.25, -0.2) is 9.18 Å². The van der Waals surface area contributed by atoms with Crippen molar-refractivity contribution in [1.82, 2.24) is 0 Å². The summed E-state index contributed by atoms with van der Waals surface area (Å²) in [5, 5.41) is 14.8. The van der Waals surface area contributed by atoms with Crippen LogP contribution in [0.15, 0.2) is 42.5 Å². The summed E-state index contributed by atoms with van der Waals surface area (Å²) in [6, 6.07) is 10.7. The van der Waals surface area contributed by atoms with Gasteiger partial charge in [-0.15, -0.1) is 0 Å². The Morgan fingerprint density at radius 3 is 2.62 bits per heavy atom. The zero-order valence-electron chi connectivity index (χ0n) is 11.9. The molecule has 0 spiro atoms.